The minimum Gasteiger partial charge on any atom is -0.369 e. The van der Waals surface area contributed by atoms with Crippen LogP contribution in [0.4, 0.5) is 17.3 Å². The summed E-state index contributed by atoms with van der Waals surface area (Å²) in [5.41, 5.74) is 9.37. The number of imidazole rings is 1. The molecule has 0 radical (unpaired) electrons. The second kappa shape index (κ2) is 4.68. The normalized spacial score (nSPS) is 10.9. The molecule has 1 aromatic carbocycles. The van der Waals surface area contributed by atoms with E-state index in [4.69, 9.17) is 17.3 Å². The highest BCUT2D eigenvalue weighted by Crippen LogP contribution is 2.32. The van der Waals surface area contributed by atoms with Crippen LogP contribution in [0.15, 0.2) is 36.7 Å². The number of nitrogen functional groups attached to an aromatic ring is 1. The zero-order chi connectivity index (χ0) is 14.3. The number of aromatic nitrogens is 3. The molecule has 0 unspecified atom stereocenters. The molecule has 0 saturated heterocycles. The van der Waals surface area contributed by atoms with E-state index in [2.05, 4.69) is 9.97 Å². The molecule has 20 heavy (non-hydrogen) atoms. The first kappa shape index (κ1) is 12.7. The van der Waals surface area contributed by atoms with Crippen molar-refractivity contribution in [3.8, 4) is 0 Å². The van der Waals surface area contributed by atoms with Crippen LogP contribution >= 0.6 is 11.6 Å². The van der Waals surface area contributed by atoms with Crippen molar-refractivity contribution in [1.29, 1.82) is 0 Å². The topological polar surface area (TPSA) is 60.0 Å². The second-order valence-corrected chi connectivity index (χ2v) is 5.00. The van der Waals surface area contributed by atoms with Crippen LogP contribution in [0.1, 0.15) is 0 Å². The predicted octanol–water partition coefficient (Wildman–Crippen LogP) is 2.97. The van der Waals surface area contributed by atoms with Gasteiger partial charge >= 0.3 is 0 Å². The Labute approximate surface area is 121 Å². The predicted molar refractivity (Wildman–Crippen MR) is 82.4 cm³/mol. The number of nitrogens with zero attached hydrogens (tertiary/aromatic N) is 4. The Kier molecular flexibility index (Phi) is 2.99. The van der Waals surface area contributed by atoms with E-state index < -0.39 is 0 Å². The molecule has 0 fully saturated rings. The van der Waals surface area contributed by atoms with Crippen molar-refractivity contribution in [3.05, 3.63) is 41.7 Å². The highest BCUT2D eigenvalue weighted by molar-refractivity contribution is 6.35. The molecule has 102 valence electrons. The molecule has 2 N–H and O–H groups in total. The Morgan fingerprint density at radius 2 is 2.10 bits per heavy atom. The first-order chi connectivity index (χ1) is 9.58. The van der Waals surface area contributed by atoms with Crippen molar-refractivity contribution in [3.63, 3.8) is 0 Å². The van der Waals surface area contributed by atoms with Gasteiger partial charge in [0.15, 0.2) is 0 Å². The molecule has 0 aliphatic heterocycles. The number of fused-ring (bicyclic) bond motifs is 1. The monoisotopic (exact) mass is 287 g/mol. The smallest absolute Gasteiger partial charge is 0.200 e. The molecule has 0 aliphatic carbocycles. The molecular weight excluding hydrogens is 274 g/mol. The number of rotatable bonds is 2. The third-order valence-corrected chi connectivity index (χ3v) is 3.65. The maximum atomic E-state index is 6.35. The maximum Gasteiger partial charge on any atom is 0.200 e. The molecular formula is C14H14ClN5. The summed E-state index contributed by atoms with van der Waals surface area (Å²) in [6, 6.07) is 7.74. The molecule has 3 rings (SSSR count). The first-order valence-corrected chi connectivity index (χ1v) is 6.51. The average Bonchev–Trinajstić information content (AvgIpc) is 2.74. The number of aryl methyl sites for hydroxylation is 1. The van der Waals surface area contributed by atoms with Gasteiger partial charge in [0.1, 0.15) is 0 Å². The number of hydrogen-bond donors (Lipinski definition) is 1. The van der Waals surface area contributed by atoms with E-state index in [9.17, 15) is 0 Å². The Hall–Kier alpha value is -2.27. The van der Waals surface area contributed by atoms with E-state index >= 15 is 0 Å². The van der Waals surface area contributed by atoms with E-state index in [1.807, 2.05) is 43.3 Å². The summed E-state index contributed by atoms with van der Waals surface area (Å²) < 4.78 is 1.78. The zero-order valence-electron chi connectivity index (χ0n) is 11.2. The minimum atomic E-state index is 0.447. The standard InChI is InChI=1S/C14H14ClN5/c1-19(9-4-3-5-17-8-9)10-6-11(15)13-12(7-10)18-14(16)20(13)2/h3-8H,1-2H3,(H2,16,18). The van der Waals surface area contributed by atoms with Crippen molar-refractivity contribution in [2.24, 2.45) is 7.05 Å². The largest absolute Gasteiger partial charge is 0.369 e. The lowest BCUT2D eigenvalue weighted by atomic mass is 10.2. The van der Waals surface area contributed by atoms with Crippen LogP contribution in [0, 0.1) is 0 Å². The number of pyridine rings is 1. The van der Waals surface area contributed by atoms with Crippen LogP contribution in [-0.2, 0) is 7.05 Å². The Balaban J connectivity index is 2.14. The van der Waals surface area contributed by atoms with Crippen LogP contribution in [0.2, 0.25) is 5.02 Å². The fraction of sp³-hybridized carbons (Fsp3) is 0.143. The van der Waals surface area contributed by atoms with E-state index in [1.165, 1.54) is 0 Å². The highest BCUT2D eigenvalue weighted by Gasteiger charge is 2.13. The summed E-state index contributed by atoms with van der Waals surface area (Å²) in [6.45, 7) is 0. The van der Waals surface area contributed by atoms with Gasteiger partial charge in [0, 0.05) is 26.0 Å². The zero-order valence-corrected chi connectivity index (χ0v) is 12.0. The van der Waals surface area contributed by atoms with Crippen molar-refractivity contribution in [1.82, 2.24) is 14.5 Å². The summed E-state index contributed by atoms with van der Waals surface area (Å²) in [6.07, 6.45) is 3.54. The quantitative estimate of drug-likeness (QED) is 0.787. The molecule has 3 aromatic rings. The van der Waals surface area contributed by atoms with Crippen LogP contribution in [0.3, 0.4) is 0 Å². The average molecular weight is 288 g/mol. The molecule has 0 atom stereocenters. The van der Waals surface area contributed by atoms with Gasteiger partial charge in [-0.15, -0.1) is 0 Å². The lowest BCUT2D eigenvalue weighted by molar-refractivity contribution is 0.965. The third-order valence-electron chi connectivity index (χ3n) is 3.36. The van der Waals surface area contributed by atoms with Gasteiger partial charge in [0.2, 0.25) is 5.95 Å². The van der Waals surface area contributed by atoms with Crippen molar-refractivity contribution < 1.29 is 0 Å². The number of halogens is 1. The van der Waals surface area contributed by atoms with Crippen molar-refractivity contribution >= 4 is 40.0 Å². The van der Waals surface area contributed by atoms with Gasteiger partial charge in [0.05, 0.1) is 27.9 Å². The molecule has 0 saturated carbocycles. The number of hydrogen-bond acceptors (Lipinski definition) is 4. The minimum absolute atomic E-state index is 0.447. The van der Waals surface area contributed by atoms with Crippen molar-refractivity contribution in [2.45, 2.75) is 0 Å². The molecule has 2 aromatic heterocycles. The van der Waals surface area contributed by atoms with E-state index in [-0.39, 0.29) is 0 Å². The van der Waals surface area contributed by atoms with E-state index in [0.717, 1.165) is 22.4 Å². The number of nitrogens with two attached hydrogens (primary N) is 1. The summed E-state index contributed by atoms with van der Waals surface area (Å²) in [5, 5.41) is 0.625. The first-order valence-electron chi connectivity index (χ1n) is 6.13. The Morgan fingerprint density at radius 1 is 1.30 bits per heavy atom. The molecule has 0 bridgehead atoms. The van der Waals surface area contributed by atoms with Crippen molar-refractivity contribution in [2.75, 3.05) is 17.7 Å². The highest BCUT2D eigenvalue weighted by atomic mass is 35.5. The van der Waals surface area contributed by atoms with Gasteiger partial charge in [-0.25, -0.2) is 4.98 Å². The second-order valence-electron chi connectivity index (χ2n) is 4.59. The Morgan fingerprint density at radius 3 is 2.80 bits per heavy atom. The summed E-state index contributed by atoms with van der Waals surface area (Å²) >= 11 is 6.35. The number of anilines is 3. The molecule has 0 aliphatic rings. The van der Waals surface area contributed by atoms with Gasteiger partial charge in [0.25, 0.3) is 0 Å². The maximum absolute atomic E-state index is 6.35. The van der Waals surface area contributed by atoms with Crippen LogP contribution in [0.5, 0.6) is 0 Å². The number of benzene rings is 1. The van der Waals surface area contributed by atoms with E-state index in [1.54, 1.807) is 17.0 Å². The molecule has 0 spiro atoms. The SMILES string of the molecule is CN(c1cccnc1)c1cc(Cl)c2c(c1)nc(N)n2C. The summed E-state index contributed by atoms with van der Waals surface area (Å²) in [5.74, 6) is 0.447. The van der Waals surface area contributed by atoms with Crippen LogP contribution in [-0.4, -0.2) is 21.6 Å². The molecule has 6 heteroatoms. The lowest BCUT2D eigenvalue weighted by Crippen LogP contribution is -2.09. The third kappa shape index (κ3) is 1.96. The summed E-state index contributed by atoms with van der Waals surface area (Å²) in [4.78, 5) is 10.4. The van der Waals surface area contributed by atoms with Gasteiger partial charge in [-0.3, -0.25) is 4.98 Å². The van der Waals surface area contributed by atoms with Gasteiger partial charge < -0.3 is 15.2 Å². The summed E-state index contributed by atoms with van der Waals surface area (Å²) in [7, 11) is 3.81. The van der Waals surface area contributed by atoms with Crippen LogP contribution < -0.4 is 10.6 Å². The molecule has 5 nitrogen and oxygen atoms in total. The Bertz CT molecular complexity index is 766. The molecule has 2 heterocycles. The fourth-order valence-corrected chi connectivity index (χ4v) is 2.53. The lowest BCUT2D eigenvalue weighted by Gasteiger charge is -2.19. The fourth-order valence-electron chi connectivity index (χ4n) is 2.20. The van der Waals surface area contributed by atoms with E-state index in [0.29, 0.717) is 11.0 Å². The van der Waals surface area contributed by atoms with Gasteiger partial charge in [-0.1, -0.05) is 11.6 Å². The van der Waals surface area contributed by atoms with Gasteiger partial charge in [-0.2, -0.15) is 0 Å². The van der Waals surface area contributed by atoms with Crippen LogP contribution in [0.25, 0.3) is 11.0 Å². The molecule has 0 amide bonds. The van der Waals surface area contributed by atoms with Gasteiger partial charge in [-0.05, 0) is 24.3 Å².